The summed E-state index contributed by atoms with van der Waals surface area (Å²) in [5, 5.41) is 3.02. The molecular formula is C24H25NO6. The van der Waals surface area contributed by atoms with Crippen LogP contribution in [-0.4, -0.2) is 43.6 Å². The average molecular weight is 423 g/mol. The topological polar surface area (TPSA) is 90.9 Å². The largest absolute Gasteiger partial charge is 0.497 e. The standard InChI is InChI=1S/C24H25NO6/c1-4-30-22(27)24(23(28)31-5-2)15-19(21(26)16-10-7-6-8-11-16)20(25-24)17-12-9-13-18(14-17)29-3/h6-15,20,25H,4-5H2,1-3H3/t20-/m1/s1. The Bertz CT molecular complexity index is 980. The number of methoxy groups -OCH3 is 1. The van der Waals surface area contributed by atoms with Gasteiger partial charge in [0.05, 0.1) is 26.4 Å². The zero-order valence-electron chi connectivity index (χ0n) is 17.7. The quantitative estimate of drug-likeness (QED) is 0.396. The molecule has 7 nitrogen and oxygen atoms in total. The van der Waals surface area contributed by atoms with E-state index in [-0.39, 0.29) is 24.6 Å². The van der Waals surface area contributed by atoms with E-state index in [2.05, 4.69) is 5.32 Å². The first-order valence-corrected chi connectivity index (χ1v) is 10.0. The average Bonchev–Trinajstić information content (AvgIpc) is 3.22. The fourth-order valence-electron chi connectivity index (χ4n) is 3.51. The molecule has 7 heteroatoms. The molecule has 1 atom stereocenters. The van der Waals surface area contributed by atoms with Gasteiger partial charge in [0.2, 0.25) is 5.54 Å². The van der Waals surface area contributed by atoms with Crippen LogP contribution in [-0.2, 0) is 19.1 Å². The maximum absolute atomic E-state index is 13.4. The lowest BCUT2D eigenvalue weighted by Crippen LogP contribution is -2.56. The van der Waals surface area contributed by atoms with Gasteiger partial charge in [0.1, 0.15) is 5.75 Å². The van der Waals surface area contributed by atoms with Gasteiger partial charge in [0.25, 0.3) is 0 Å². The Kier molecular flexibility index (Phi) is 6.87. The van der Waals surface area contributed by atoms with E-state index < -0.39 is 23.5 Å². The van der Waals surface area contributed by atoms with Crippen LogP contribution in [0.4, 0.5) is 0 Å². The summed E-state index contributed by atoms with van der Waals surface area (Å²) in [6.45, 7) is 3.43. The van der Waals surface area contributed by atoms with Crippen LogP contribution in [0, 0.1) is 0 Å². The van der Waals surface area contributed by atoms with Gasteiger partial charge < -0.3 is 14.2 Å². The number of carbonyl (C=O) groups excluding carboxylic acids is 3. The van der Waals surface area contributed by atoms with Crippen LogP contribution in [0.1, 0.15) is 35.8 Å². The Morgan fingerprint density at radius 1 is 0.935 bits per heavy atom. The van der Waals surface area contributed by atoms with E-state index >= 15 is 0 Å². The number of carbonyl (C=O) groups is 3. The second kappa shape index (κ2) is 9.57. The number of hydrogen-bond donors (Lipinski definition) is 1. The zero-order chi connectivity index (χ0) is 22.4. The van der Waals surface area contributed by atoms with Crippen molar-refractivity contribution in [3.63, 3.8) is 0 Å². The third-order valence-electron chi connectivity index (χ3n) is 4.98. The van der Waals surface area contributed by atoms with Gasteiger partial charge in [-0.2, -0.15) is 0 Å². The Morgan fingerprint density at radius 2 is 1.58 bits per heavy atom. The van der Waals surface area contributed by atoms with E-state index in [9.17, 15) is 14.4 Å². The highest BCUT2D eigenvalue weighted by Crippen LogP contribution is 2.37. The van der Waals surface area contributed by atoms with E-state index in [1.54, 1.807) is 68.4 Å². The summed E-state index contributed by atoms with van der Waals surface area (Å²) in [6, 6.07) is 15.0. The molecule has 0 bridgehead atoms. The second-order valence-corrected chi connectivity index (χ2v) is 6.90. The van der Waals surface area contributed by atoms with Gasteiger partial charge in [0, 0.05) is 11.1 Å². The van der Waals surface area contributed by atoms with Gasteiger partial charge in [-0.3, -0.25) is 10.1 Å². The van der Waals surface area contributed by atoms with Gasteiger partial charge in [-0.15, -0.1) is 0 Å². The minimum atomic E-state index is -1.93. The predicted octanol–water partition coefficient (Wildman–Crippen LogP) is 3.01. The molecule has 1 aliphatic rings. The molecule has 3 rings (SSSR count). The lowest BCUT2D eigenvalue weighted by Gasteiger charge is -2.26. The van der Waals surface area contributed by atoms with E-state index in [0.29, 0.717) is 16.9 Å². The summed E-state index contributed by atoms with van der Waals surface area (Å²) in [4.78, 5) is 39.2. The SMILES string of the molecule is CCOC(=O)C1(C(=O)OCC)C=C(C(=O)c2ccccc2)[C@@H](c2cccc(OC)c2)N1. The van der Waals surface area contributed by atoms with Crippen LogP contribution in [0.25, 0.3) is 0 Å². The Labute approximate surface area is 181 Å². The highest BCUT2D eigenvalue weighted by Gasteiger charge is 2.54. The first kappa shape index (κ1) is 22.2. The van der Waals surface area contributed by atoms with Crippen LogP contribution in [0.15, 0.2) is 66.2 Å². The number of Topliss-reactive ketones (excluding diaryl/α,β-unsaturated/α-hetero) is 1. The minimum Gasteiger partial charge on any atom is -0.497 e. The van der Waals surface area contributed by atoms with Crippen LogP contribution < -0.4 is 10.1 Å². The van der Waals surface area contributed by atoms with Gasteiger partial charge in [-0.05, 0) is 37.6 Å². The molecule has 1 heterocycles. The number of nitrogens with one attached hydrogen (secondary N) is 1. The number of rotatable bonds is 8. The summed E-state index contributed by atoms with van der Waals surface area (Å²) in [6.07, 6.45) is 1.34. The van der Waals surface area contributed by atoms with Crippen molar-refractivity contribution < 1.29 is 28.6 Å². The molecule has 0 aromatic heterocycles. The summed E-state index contributed by atoms with van der Waals surface area (Å²) in [5.74, 6) is -1.37. The van der Waals surface area contributed by atoms with E-state index in [1.165, 1.54) is 13.2 Å². The number of hydrogen-bond acceptors (Lipinski definition) is 7. The molecule has 2 aromatic carbocycles. The van der Waals surface area contributed by atoms with Crippen LogP contribution in [0.2, 0.25) is 0 Å². The van der Waals surface area contributed by atoms with Crippen LogP contribution >= 0.6 is 0 Å². The number of ketones is 1. The predicted molar refractivity (Wildman–Crippen MR) is 114 cm³/mol. The maximum Gasteiger partial charge on any atom is 0.342 e. The summed E-state index contributed by atoms with van der Waals surface area (Å²) >= 11 is 0. The van der Waals surface area contributed by atoms with Crippen molar-refractivity contribution in [2.75, 3.05) is 20.3 Å². The molecule has 162 valence electrons. The highest BCUT2D eigenvalue weighted by molar-refractivity contribution is 6.15. The molecule has 0 saturated heterocycles. The third-order valence-corrected chi connectivity index (χ3v) is 4.98. The molecule has 1 aliphatic heterocycles. The maximum atomic E-state index is 13.4. The first-order valence-electron chi connectivity index (χ1n) is 10.0. The number of ether oxygens (including phenoxy) is 3. The molecule has 2 aromatic rings. The number of benzene rings is 2. The summed E-state index contributed by atoms with van der Waals surface area (Å²) in [7, 11) is 1.54. The highest BCUT2D eigenvalue weighted by atomic mass is 16.6. The molecule has 0 radical (unpaired) electrons. The lowest BCUT2D eigenvalue weighted by atomic mass is 9.93. The molecule has 0 saturated carbocycles. The van der Waals surface area contributed by atoms with E-state index in [1.807, 2.05) is 0 Å². The third kappa shape index (κ3) is 4.36. The van der Waals surface area contributed by atoms with Crippen LogP contribution in [0.5, 0.6) is 5.75 Å². The Balaban J connectivity index is 2.15. The van der Waals surface area contributed by atoms with Crippen molar-refractivity contribution in [3.8, 4) is 5.75 Å². The molecule has 0 unspecified atom stereocenters. The van der Waals surface area contributed by atoms with Crippen molar-refractivity contribution in [2.45, 2.75) is 25.4 Å². The Hall–Kier alpha value is -3.45. The lowest BCUT2D eigenvalue weighted by molar-refractivity contribution is -0.162. The monoisotopic (exact) mass is 423 g/mol. The van der Waals surface area contributed by atoms with Gasteiger partial charge in [-0.1, -0.05) is 42.5 Å². The summed E-state index contributed by atoms with van der Waals surface area (Å²) < 4.78 is 15.7. The summed E-state index contributed by atoms with van der Waals surface area (Å²) in [5.41, 5.74) is -0.586. The second-order valence-electron chi connectivity index (χ2n) is 6.90. The van der Waals surface area contributed by atoms with Gasteiger partial charge >= 0.3 is 11.9 Å². The van der Waals surface area contributed by atoms with E-state index in [4.69, 9.17) is 14.2 Å². The first-order chi connectivity index (χ1) is 15.0. The van der Waals surface area contributed by atoms with Gasteiger partial charge in [-0.25, -0.2) is 9.59 Å². The van der Waals surface area contributed by atoms with Crippen molar-refractivity contribution in [3.05, 3.63) is 77.4 Å². The fourth-order valence-corrected chi connectivity index (χ4v) is 3.51. The molecule has 0 aliphatic carbocycles. The van der Waals surface area contributed by atoms with Crippen molar-refractivity contribution in [2.24, 2.45) is 0 Å². The Morgan fingerprint density at radius 3 is 2.16 bits per heavy atom. The molecule has 0 fully saturated rings. The van der Waals surface area contributed by atoms with Crippen molar-refractivity contribution in [1.29, 1.82) is 0 Å². The smallest absolute Gasteiger partial charge is 0.342 e. The number of esters is 2. The minimum absolute atomic E-state index is 0.0707. The van der Waals surface area contributed by atoms with Crippen LogP contribution in [0.3, 0.4) is 0 Å². The normalized spacial score (nSPS) is 16.9. The fraction of sp³-hybridized carbons (Fsp3) is 0.292. The molecule has 0 spiro atoms. The molecule has 31 heavy (non-hydrogen) atoms. The van der Waals surface area contributed by atoms with Crippen molar-refractivity contribution in [1.82, 2.24) is 5.32 Å². The zero-order valence-corrected chi connectivity index (χ0v) is 17.7. The van der Waals surface area contributed by atoms with Gasteiger partial charge in [0.15, 0.2) is 5.78 Å². The van der Waals surface area contributed by atoms with Crippen molar-refractivity contribution >= 4 is 17.7 Å². The van der Waals surface area contributed by atoms with E-state index in [0.717, 1.165) is 0 Å². The molecule has 0 amide bonds. The molecular weight excluding hydrogens is 398 g/mol. The molecule has 1 N–H and O–H groups in total.